The van der Waals surface area contributed by atoms with Crippen molar-refractivity contribution in [2.75, 3.05) is 0 Å². The standard InChI is InChI=1S/C13H18N2O/c1-7-8(2)10(4)13(11(5)9(7)3)12(16)6-15-14/h6H,14H2,1-5H3. The highest BCUT2D eigenvalue weighted by Crippen LogP contribution is 2.25. The Hall–Kier alpha value is -1.64. The molecule has 0 saturated heterocycles. The smallest absolute Gasteiger partial charge is 0.206 e. The molecular formula is C13H18N2O. The van der Waals surface area contributed by atoms with Gasteiger partial charge >= 0.3 is 0 Å². The summed E-state index contributed by atoms with van der Waals surface area (Å²) in [5, 5.41) is 3.30. The van der Waals surface area contributed by atoms with Gasteiger partial charge < -0.3 is 5.84 Å². The van der Waals surface area contributed by atoms with Gasteiger partial charge in [0.1, 0.15) is 0 Å². The molecule has 0 atom stereocenters. The molecule has 0 aliphatic carbocycles. The van der Waals surface area contributed by atoms with Crippen molar-refractivity contribution >= 4 is 12.0 Å². The summed E-state index contributed by atoms with van der Waals surface area (Å²) >= 11 is 0. The number of carbonyl (C=O) groups excluding carboxylic acids is 1. The lowest BCUT2D eigenvalue weighted by Gasteiger charge is -2.16. The maximum absolute atomic E-state index is 11.9. The van der Waals surface area contributed by atoms with Crippen LogP contribution in [-0.2, 0) is 0 Å². The fraction of sp³-hybridized carbons (Fsp3) is 0.385. The lowest BCUT2D eigenvalue weighted by molar-refractivity contribution is 0.106. The first-order chi connectivity index (χ1) is 7.41. The van der Waals surface area contributed by atoms with Gasteiger partial charge in [-0.2, -0.15) is 5.10 Å². The van der Waals surface area contributed by atoms with E-state index in [0.29, 0.717) is 0 Å². The predicted molar refractivity (Wildman–Crippen MR) is 67.1 cm³/mol. The summed E-state index contributed by atoms with van der Waals surface area (Å²) in [7, 11) is 0. The Labute approximate surface area is 96.4 Å². The third kappa shape index (κ3) is 1.85. The molecule has 0 heterocycles. The zero-order valence-electron chi connectivity index (χ0n) is 10.5. The second kappa shape index (κ2) is 4.47. The van der Waals surface area contributed by atoms with Gasteiger partial charge in [0, 0.05) is 5.56 Å². The number of nitrogens with zero attached hydrogens (tertiary/aromatic N) is 1. The van der Waals surface area contributed by atoms with Crippen LogP contribution in [-0.4, -0.2) is 12.0 Å². The molecule has 0 bridgehead atoms. The molecule has 3 heteroatoms. The number of benzene rings is 1. The van der Waals surface area contributed by atoms with E-state index in [1.54, 1.807) is 0 Å². The SMILES string of the molecule is Cc1c(C)c(C)c(C(=O)C=NN)c(C)c1C. The summed E-state index contributed by atoms with van der Waals surface area (Å²) in [6, 6.07) is 0. The van der Waals surface area contributed by atoms with Crippen LogP contribution in [0.3, 0.4) is 0 Å². The van der Waals surface area contributed by atoms with Crippen LogP contribution < -0.4 is 5.84 Å². The summed E-state index contributed by atoms with van der Waals surface area (Å²) in [6.07, 6.45) is 1.17. The van der Waals surface area contributed by atoms with Crippen LogP contribution in [0.4, 0.5) is 0 Å². The number of hydrogen-bond donors (Lipinski definition) is 1. The molecule has 1 aromatic rings. The molecule has 3 nitrogen and oxygen atoms in total. The molecule has 0 unspecified atom stereocenters. The lowest BCUT2D eigenvalue weighted by Crippen LogP contribution is -2.11. The Bertz CT molecular complexity index is 444. The van der Waals surface area contributed by atoms with Crippen molar-refractivity contribution in [3.8, 4) is 0 Å². The first-order valence-corrected chi connectivity index (χ1v) is 5.26. The van der Waals surface area contributed by atoms with Gasteiger partial charge in [-0.15, -0.1) is 0 Å². The monoisotopic (exact) mass is 218 g/mol. The summed E-state index contributed by atoms with van der Waals surface area (Å²) < 4.78 is 0. The molecule has 0 radical (unpaired) electrons. The van der Waals surface area contributed by atoms with E-state index in [1.165, 1.54) is 11.8 Å². The number of hydrazone groups is 1. The third-order valence-corrected chi connectivity index (χ3v) is 3.44. The second-order valence-corrected chi connectivity index (χ2v) is 4.14. The van der Waals surface area contributed by atoms with Crippen molar-refractivity contribution < 1.29 is 4.79 Å². The Morgan fingerprint density at radius 3 is 1.69 bits per heavy atom. The largest absolute Gasteiger partial charge is 0.323 e. The van der Waals surface area contributed by atoms with Crippen LogP contribution in [0.5, 0.6) is 0 Å². The molecular weight excluding hydrogens is 200 g/mol. The van der Waals surface area contributed by atoms with E-state index in [0.717, 1.165) is 27.8 Å². The van der Waals surface area contributed by atoms with Gasteiger partial charge in [-0.3, -0.25) is 4.79 Å². The van der Waals surface area contributed by atoms with E-state index < -0.39 is 0 Å². The van der Waals surface area contributed by atoms with Crippen molar-refractivity contribution in [1.82, 2.24) is 0 Å². The highest BCUT2D eigenvalue weighted by molar-refractivity contribution is 6.36. The average Bonchev–Trinajstić information content (AvgIpc) is 2.24. The van der Waals surface area contributed by atoms with Crippen LogP contribution in [0.25, 0.3) is 0 Å². The number of nitrogens with two attached hydrogens (primary N) is 1. The van der Waals surface area contributed by atoms with Gasteiger partial charge in [0.15, 0.2) is 0 Å². The average molecular weight is 218 g/mol. The molecule has 0 amide bonds. The van der Waals surface area contributed by atoms with E-state index in [2.05, 4.69) is 12.0 Å². The van der Waals surface area contributed by atoms with Gasteiger partial charge in [0.05, 0.1) is 6.21 Å². The van der Waals surface area contributed by atoms with E-state index in [1.807, 2.05) is 27.7 Å². The second-order valence-electron chi connectivity index (χ2n) is 4.14. The number of hydrogen-bond acceptors (Lipinski definition) is 3. The van der Waals surface area contributed by atoms with Crippen molar-refractivity contribution in [3.63, 3.8) is 0 Å². The van der Waals surface area contributed by atoms with Gasteiger partial charge in [-0.1, -0.05) is 0 Å². The predicted octanol–water partition coefficient (Wildman–Crippen LogP) is 2.36. The highest BCUT2D eigenvalue weighted by Gasteiger charge is 2.16. The number of rotatable bonds is 2. The molecule has 0 aliphatic rings. The molecule has 0 fully saturated rings. The van der Waals surface area contributed by atoms with Crippen molar-refractivity contribution in [2.24, 2.45) is 10.9 Å². The minimum absolute atomic E-state index is 0.122. The van der Waals surface area contributed by atoms with Gasteiger partial charge in [-0.25, -0.2) is 0 Å². The van der Waals surface area contributed by atoms with E-state index >= 15 is 0 Å². The molecule has 16 heavy (non-hydrogen) atoms. The van der Waals surface area contributed by atoms with Gasteiger partial charge in [-0.05, 0) is 62.4 Å². The third-order valence-electron chi connectivity index (χ3n) is 3.44. The normalized spacial score (nSPS) is 11.1. The van der Waals surface area contributed by atoms with Crippen LogP contribution in [0.15, 0.2) is 5.10 Å². The Balaban J connectivity index is 3.58. The topological polar surface area (TPSA) is 55.5 Å². The van der Waals surface area contributed by atoms with E-state index in [9.17, 15) is 4.79 Å². The molecule has 0 saturated carbocycles. The quantitative estimate of drug-likeness (QED) is 0.358. The van der Waals surface area contributed by atoms with Crippen molar-refractivity contribution in [2.45, 2.75) is 34.6 Å². The minimum atomic E-state index is -0.122. The summed E-state index contributed by atoms with van der Waals surface area (Å²) in [6.45, 7) is 10.1. The Morgan fingerprint density at radius 2 is 1.31 bits per heavy atom. The summed E-state index contributed by atoms with van der Waals surface area (Å²) in [5.74, 6) is 4.90. The van der Waals surface area contributed by atoms with E-state index in [-0.39, 0.29) is 5.78 Å². The fourth-order valence-corrected chi connectivity index (χ4v) is 2.00. The van der Waals surface area contributed by atoms with E-state index in [4.69, 9.17) is 5.84 Å². The molecule has 86 valence electrons. The van der Waals surface area contributed by atoms with Gasteiger partial charge in [0.25, 0.3) is 0 Å². The first kappa shape index (κ1) is 12.4. The zero-order chi connectivity index (χ0) is 12.5. The maximum Gasteiger partial charge on any atom is 0.206 e. The molecule has 0 aliphatic heterocycles. The van der Waals surface area contributed by atoms with Crippen molar-refractivity contribution in [1.29, 1.82) is 0 Å². The number of Topliss-reactive ketones (excluding diaryl/α,β-unsaturated/α-hetero) is 1. The maximum atomic E-state index is 11.9. The van der Waals surface area contributed by atoms with Crippen LogP contribution in [0.1, 0.15) is 38.2 Å². The minimum Gasteiger partial charge on any atom is -0.323 e. The molecule has 1 aromatic carbocycles. The molecule has 1 rings (SSSR count). The summed E-state index contributed by atoms with van der Waals surface area (Å²) in [4.78, 5) is 11.9. The van der Waals surface area contributed by atoms with Crippen LogP contribution >= 0.6 is 0 Å². The fourth-order valence-electron chi connectivity index (χ4n) is 2.00. The lowest BCUT2D eigenvalue weighted by atomic mass is 9.88. The zero-order valence-corrected chi connectivity index (χ0v) is 10.5. The number of ketones is 1. The highest BCUT2D eigenvalue weighted by atomic mass is 16.1. The van der Waals surface area contributed by atoms with Gasteiger partial charge in [0.2, 0.25) is 5.78 Å². The Morgan fingerprint density at radius 1 is 0.938 bits per heavy atom. The molecule has 0 spiro atoms. The Kier molecular flexibility index (Phi) is 3.48. The first-order valence-electron chi connectivity index (χ1n) is 5.26. The van der Waals surface area contributed by atoms with Crippen molar-refractivity contribution in [3.05, 3.63) is 33.4 Å². The molecule has 0 aromatic heterocycles. The molecule has 2 N–H and O–H groups in total. The summed E-state index contributed by atoms with van der Waals surface area (Å²) in [5.41, 5.74) is 6.34. The van der Waals surface area contributed by atoms with Crippen LogP contribution in [0.2, 0.25) is 0 Å². The van der Waals surface area contributed by atoms with Crippen LogP contribution in [0, 0.1) is 34.6 Å². The number of carbonyl (C=O) groups is 1.